The normalized spacial score (nSPS) is 18.5. The summed E-state index contributed by atoms with van der Waals surface area (Å²) in [5, 5.41) is 4.55. The SMILES string of the molecule is CCNC(CC1CCCCC1)c1cccc(Cl)c1C. The van der Waals surface area contributed by atoms with Crippen molar-refractivity contribution in [2.75, 3.05) is 6.54 Å². The number of halogens is 1. The molecule has 0 aromatic heterocycles. The lowest BCUT2D eigenvalue weighted by atomic mass is 9.82. The second kappa shape index (κ2) is 7.31. The Morgan fingerprint density at radius 1 is 1.26 bits per heavy atom. The fourth-order valence-corrected chi connectivity index (χ4v) is 3.51. The Morgan fingerprint density at radius 2 is 2.00 bits per heavy atom. The summed E-state index contributed by atoms with van der Waals surface area (Å²) in [5.74, 6) is 0.885. The number of nitrogens with one attached hydrogen (secondary N) is 1. The van der Waals surface area contributed by atoms with Gasteiger partial charge in [0.15, 0.2) is 0 Å². The van der Waals surface area contributed by atoms with Crippen LogP contribution in [0.1, 0.15) is 62.6 Å². The summed E-state index contributed by atoms with van der Waals surface area (Å²) in [5.41, 5.74) is 2.63. The van der Waals surface area contributed by atoms with Crippen molar-refractivity contribution in [3.8, 4) is 0 Å². The highest BCUT2D eigenvalue weighted by Gasteiger charge is 2.21. The first-order valence-corrected chi connectivity index (χ1v) is 8.08. The maximum Gasteiger partial charge on any atom is 0.0438 e. The van der Waals surface area contributed by atoms with E-state index in [0.29, 0.717) is 6.04 Å². The van der Waals surface area contributed by atoms with Crippen LogP contribution >= 0.6 is 11.6 Å². The van der Waals surface area contributed by atoms with Crippen LogP contribution < -0.4 is 5.32 Å². The lowest BCUT2D eigenvalue weighted by molar-refractivity contribution is 0.301. The van der Waals surface area contributed by atoms with Crippen LogP contribution in [0, 0.1) is 12.8 Å². The van der Waals surface area contributed by atoms with Crippen LogP contribution in [-0.4, -0.2) is 6.54 Å². The molecule has 106 valence electrons. The molecule has 0 amide bonds. The van der Waals surface area contributed by atoms with Crippen molar-refractivity contribution in [3.63, 3.8) is 0 Å². The van der Waals surface area contributed by atoms with Gasteiger partial charge in [0.1, 0.15) is 0 Å². The molecule has 0 heterocycles. The molecule has 19 heavy (non-hydrogen) atoms. The van der Waals surface area contributed by atoms with E-state index in [1.807, 2.05) is 6.07 Å². The molecule has 1 saturated carbocycles. The molecule has 1 N–H and O–H groups in total. The van der Waals surface area contributed by atoms with Crippen molar-refractivity contribution in [1.82, 2.24) is 5.32 Å². The molecule has 0 bridgehead atoms. The molecular formula is C17H26ClN. The number of rotatable bonds is 5. The summed E-state index contributed by atoms with van der Waals surface area (Å²) in [6.07, 6.45) is 8.33. The van der Waals surface area contributed by atoms with Gasteiger partial charge in [-0.3, -0.25) is 0 Å². The first kappa shape index (κ1) is 14.9. The topological polar surface area (TPSA) is 12.0 Å². The van der Waals surface area contributed by atoms with Gasteiger partial charge < -0.3 is 5.32 Å². The van der Waals surface area contributed by atoms with Gasteiger partial charge in [-0.1, -0.05) is 62.8 Å². The van der Waals surface area contributed by atoms with E-state index in [2.05, 4.69) is 31.3 Å². The average molecular weight is 280 g/mol. The summed E-state index contributed by atoms with van der Waals surface area (Å²) < 4.78 is 0. The minimum atomic E-state index is 0.465. The van der Waals surface area contributed by atoms with Crippen LogP contribution in [0.25, 0.3) is 0 Å². The molecule has 1 aliphatic carbocycles. The third-order valence-electron chi connectivity index (χ3n) is 4.43. The van der Waals surface area contributed by atoms with Gasteiger partial charge in [-0.25, -0.2) is 0 Å². The minimum absolute atomic E-state index is 0.465. The fourth-order valence-electron chi connectivity index (χ4n) is 3.32. The lowest BCUT2D eigenvalue weighted by Gasteiger charge is -2.28. The lowest BCUT2D eigenvalue weighted by Crippen LogP contribution is -2.25. The summed E-state index contributed by atoms with van der Waals surface area (Å²) in [6.45, 7) is 5.35. The van der Waals surface area contributed by atoms with E-state index in [9.17, 15) is 0 Å². The molecule has 2 rings (SSSR count). The van der Waals surface area contributed by atoms with Crippen LogP contribution in [-0.2, 0) is 0 Å². The second-order valence-corrected chi connectivity index (χ2v) is 6.21. The molecule has 1 aromatic rings. The van der Waals surface area contributed by atoms with E-state index in [4.69, 9.17) is 11.6 Å². The largest absolute Gasteiger partial charge is 0.310 e. The number of hydrogen-bond acceptors (Lipinski definition) is 1. The highest BCUT2D eigenvalue weighted by atomic mass is 35.5. The zero-order valence-electron chi connectivity index (χ0n) is 12.2. The van der Waals surface area contributed by atoms with E-state index >= 15 is 0 Å². The smallest absolute Gasteiger partial charge is 0.0438 e. The maximum absolute atomic E-state index is 6.27. The Hall–Kier alpha value is -0.530. The molecule has 0 spiro atoms. The van der Waals surface area contributed by atoms with Crippen molar-refractivity contribution in [2.24, 2.45) is 5.92 Å². The van der Waals surface area contributed by atoms with Crippen molar-refractivity contribution in [2.45, 2.75) is 58.4 Å². The third-order valence-corrected chi connectivity index (χ3v) is 4.84. The molecule has 1 nitrogen and oxygen atoms in total. The summed E-state index contributed by atoms with van der Waals surface area (Å²) >= 11 is 6.27. The third kappa shape index (κ3) is 3.97. The van der Waals surface area contributed by atoms with Crippen molar-refractivity contribution in [1.29, 1.82) is 0 Å². The molecular weight excluding hydrogens is 254 g/mol. The summed E-state index contributed by atoms with van der Waals surface area (Å²) in [4.78, 5) is 0. The molecule has 1 unspecified atom stereocenters. The minimum Gasteiger partial charge on any atom is -0.310 e. The molecule has 1 aromatic carbocycles. The van der Waals surface area contributed by atoms with E-state index in [-0.39, 0.29) is 0 Å². The maximum atomic E-state index is 6.27. The van der Waals surface area contributed by atoms with Crippen LogP contribution in [0.3, 0.4) is 0 Å². The van der Waals surface area contributed by atoms with Gasteiger partial charge in [0.2, 0.25) is 0 Å². The van der Waals surface area contributed by atoms with Crippen molar-refractivity contribution < 1.29 is 0 Å². The van der Waals surface area contributed by atoms with E-state index in [1.165, 1.54) is 49.7 Å². The van der Waals surface area contributed by atoms with Gasteiger partial charge in [-0.05, 0) is 43.0 Å². The Bertz CT molecular complexity index is 396. The van der Waals surface area contributed by atoms with Crippen LogP contribution in [0.2, 0.25) is 5.02 Å². The summed E-state index contributed by atoms with van der Waals surface area (Å²) in [6, 6.07) is 6.77. The predicted molar refractivity (Wildman–Crippen MR) is 83.8 cm³/mol. The first-order chi connectivity index (χ1) is 9.22. The predicted octanol–water partition coefficient (Wildman–Crippen LogP) is 5.27. The Morgan fingerprint density at radius 3 is 2.68 bits per heavy atom. The summed E-state index contributed by atoms with van der Waals surface area (Å²) in [7, 11) is 0. The standard InChI is InChI=1S/C17H26ClN/c1-3-19-17(12-14-8-5-4-6-9-14)15-10-7-11-16(18)13(15)2/h7,10-11,14,17,19H,3-6,8-9,12H2,1-2H3. The van der Waals surface area contributed by atoms with Crippen LogP contribution in [0.4, 0.5) is 0 Å². The van der Waals surface area contributed by atoms with Gasteiger partial charge in [0, 0.05) is 11.1 Å². The van der Waals surface area contributed by atoms with Gasteiger partial charge in [0.05, 0.1) is 0 Å². The Labute approximate surface area is 122 Å². The zero-order valence-corrected chi connectivity index (χ0v) is 13.0. The van der Waals surface area contributed by atoms with Crippen molar-refractivity contribution in [3.05, 3.63) is 34.3 Å². The van der Waals surface area contributed by atoms with E-state index in [0.717, 1.165) is 17.5 Å². The molecule has 0 radical (unpaired) electrons. The second-order valence-electron chi connectivity index (χ2n) is 5.80. The number of hydrogen-bond donors (Lipinski definition) is 1. The van der Waals surface area contributed by atoms with Crippen molar-refractivity contribution >= 4 is 11.6 Å². The molecule has 0 saturated heterocycles. The quantitative estimate of drug-likeness (QED) is 0.774. The average Bonchev–Trinajstić information content (AvgIpc) is 2.43. The zero-order chi connectivity index (χ0) is 13.7. The monoisotopic (exact) mass is 279 g/mol. The van der Waals surface area contributed by atoms with Gasteiger partial charge >= 0.3 is 0 Å². The van der Waals surface area contributed by atoms with Crippen LogP contribution in [0.5, 0.6) is 0 Å². The van der Waals surface area contributed by atoms with E-state index in [1.54, 1.807) is 0 Å². The van der Waals surface area contributed by atoms with E-state index < -0.39 is 0 Å². The number of benzene rings is 1. The Balaban J connectivity index is 2.11. The van der Waals surface area contributed by atoms with Crippen LogP contribution in [0.15, 0.2) is 18.2 Å². The highest BCUT2D eigenvalue weighted by molar-refractivity contribution is 6.31. The Kier molecular flexibility index (Phi) is 5.72. The van der Waals surface area contributed by atoms with Gasteiger partial charge in [-0.2, -0.15) is 0 Å². The molecule has 1 aliphatic rings. The van der Waals surface area contributed by atoms with Gasteiger partial charge in [0.25, 0.3) is 0 Å². The first-order valence-electron chi connectivity index (χ1n) is 7.70. The molecule has 1 atom stereocenters. The molecule has 1 fully saturated rings. The molecule has 2 heteroatoms. The highest BCUT2D eigenvalue weighted by Crippen LogP contribution is 2.34. The fraction of sp³-hybridized carbons (Fsp3) is 0.647. The van der Waals surface area contributed by atoms with Gasteiger partial charge in [-0.15, -0.1) is 0 Å². The molecule has 0 aliphatic heterocycles.